The predicted octanol–water partition coefficient (Wildman–Crippen LogP) is 1.73. The first kappa shape index (κ1) is 12.2. The van der Waals surface area contributed by atoms with Crippen molar-refractivity contribution in [1.29, 1.82) is 0 Å². The Bertz CT molecular complexity index is 181. The van der Waals surface area contributed by atoms with Crippen molar-refractivity contribution in [1.82, 2.24) is 0 Å². The monoisotopic (exact) mass is 181 g/mol. The van der Waals surface area contributed by atoms with Crippen LogP contribution in [0.2, 0.25) is 0 Å². The van der Waals surface area contributed by atoms with Crippen molar-refractivity contribution in [2.24, 2.45) is 11.7 Å². The Morgan fingerprint density at radius 1 is 1.54 bits per heavy atom. The van der Waals surface area contributed by atoms with Gasteiger partial charge in [0.15, 0.2) is 0 Å². The minimum Gasteiger partial charge on any atom is -0.330 e. The summed E-state index contributed by atoms with van der Waals surface area (Å²) < 4.78 is 0. The number of nitrogens with two attached hydrogens (primary N) is 1. The molecule has 0 aromatic rings. The summed E-state index contributed by atoms with van der Waals surface area (Å²) in [6.45, 7) is 2.63. The Morgan fingerprint density at radius 2 is 2.23 bits per heavy atom. The van der Waals surface area contributed by atoms with Crippen LogP contribution < -0.4 is 5.73 Å². The van der Waals surface area contributed by atoms with E-state index < -0.39 is 0 Å². The van der Waals surface area contributed by atoms with Gasteiger partial charge in [-0.05, 0) is 25.8 Å². The number of carbonyl (C=O) groups is 1. The van der Waals surface area contributed by atoms with Crippen molar-refractivity contribution in [2.45, 2.75) is 39.0 Å². The maximum atomic E-state index is 11.4. The third-order valence-corrected chi connectivity index (χ3v) is 2.14. The van der Waals surface area contributed by atoms with Gasteiger partial charge in [0.1, 0.15) is 5.78 Å². The van der Waals surface area contributed by atoms with Crippen LogP contribution in [0.1, 0.15) is 39.0 Å². The fourth-order valence-electron chi connectivity index (χ4n) is 1.20. The molecule has 0 aliphatic heterocycles. The fraction of sp³-hybridized carbons (Fsp3) is 0.727. The van der Waals surface area contributed by atoms with Crippen molar-refractivity contribution in [3.63, 3.8) is 0 Å². The SMILES string of the molecule is C#CCCCC(=O)C(C)CCCN. The van der Waals surface area contributed by atoms with Gasteiger partial charge in [-0.3, -0.25) is 4.79 Å². The molecule has 0 heterocycles. The summed E-state index contributed by atoms with van der Waals surface area (Å²) in [5.74, 6) is 3.01. The molecule has 0 aliphatic rings. The van der Waals surface area contributed by atoms with Gasteiger partial charge in [-0.2, -0.15) is 0 Å². The van der Waals surface area contributed by atoms with Crippen molar-refractivity contribution in [2.75, 3.05) is 6.54 Å². The summed E-state index contributed by atoms with van der Waals surface area (Å²) in [5, 5.41) is 0. The van der Waals surface area contributed by atoms with Crippen LogP contribution in [-0.4, -0.2) is 12.3 Å². The van der Waals surface area contributed by atoms with E-state index in [-0.39, 0.29) is 5.92 Å². The average Bonchev–Trinajstić information content (AvgIpc) is 2.14. The maximum Gasteiger partial charge on any atom is 0.135 e. The normalized spacial score (nSPS) is 12.1. The molecule has 2 heteroatoms. The standard InChI is InChI=1S/C11H19NO/c1-3-4-5-8-11(13)10(2)7-6-9-12/h1,10H,4-9,12H2,2H3. The molecule has 74 valence electrons. The Hall–Kier alpha value is -0.810. The van der Waals surface area contributed by atoms with Crippen LogP contribution in [0, 0.1) is 18.3 Å². The van der Waals surface area contributed by atoms with Gasteiger partial charge in [0.05, 0.1) is 0 Å². The van der Waals surface area contributed by atoms with Crippen LogP contribution in [-0.2, 0) is 4.79 Å². The highest BCUT2D eigenvalue weighted by atomic mass is 16.1. The highest BCUT2D eigenvalue weighted by Crippen LogP contribution is 2.10. The smallest absolute Gasteiger partial charge is 0.135 e. The van der Waals surface area contributed by atoms with Gasteiger partial charge in [0.25, 0.3) is 0 Å². The van der Waals surface area contributed by atoms with Gasteiger partial charge < -0.3 is 5.73 Å². The summed E-state index contributed by atoms with van der Waals surface area (Å²) in [6.07, 6.45) is 9.08. The van der Waals surface area contributed by atoms with E-state index in [2.05, 4.69) is 5.92 Å². The highest BCUT2D eigenvalue weighted by Gasteiger charge is 2.10. The number of carbonyl (C=O) groups excluding carboxylic acids is 1. The molecule has 0 radical (unpaired) electrons. The summed E-state index contributed by atoms with van der Waals surface area (Å²) in [6, 6.07) is 0. The first-order valence-electron chi connectivity index (χ1n) is 4.88. The van der Waals surface area contributed by atoms with Crippen LogP contribution in [0.3, 0.4) is 0 Å². The zero-order chi connectivity index (χ0) is 10.1. The number of rotatable bonds is 7. The number of hydrogen-bond donors (Lipinski definition) is 1. The third kappa shape index (κ3) is 6.36. The summed E-state index contributed by atoms with van der Waals surface area (Å²) >= 11 is 0. The van der Waals surface area contributed by atoms with Gasteiger partial charge in [0, 0.05) is 18.8 Å². The number of terminal acetylenes is 1. The lowest BCUT2D eigenvalue weighted by Crippen LogP contribution is -2.12. The van der Waals surface area contributed by atoms with Gasteiger partial charge in [-0.1, -0.05) is 6.92 Å². The second-order valence-electron chi connectivity index (χ2n) is 3.36. The molecule has 2 nitrogen and oxygen atoms in total. The molecule has 0 rings (SSSR count). The van der Waals surface area contributed by atoms with E-state index in [0.717, 1.165) is 19.3 Å². The van der Waals surface area contributed by atoms with Crippen LogP contribution >= 0.6 is 0 Å². The summed E-state index contributed by atoms with van der Waals surface area (Å²) in [4.78, 5) is 11.4. The molecule has 0 aliphatic carbocycles. The molecule has 0 aromatic carbocycles. The number of hydrogen-bond acceptors (Lipinski definition) is 2. The molecular weight excluding hydrogens is 162 g/mol. The third-order valence-electron chi connectivity index (χ3n) is 2.14. The van der Waals surface area contributed by atoms with Gasteiger partial charge in [0.2, 0.25) is 0 Å². The molecule has 0 saturated heterocycles. The molecule has 13 heavy (non-hydrogen) atoms. The molecule has 0 fully saturated rings. The Labute approximate surface area is 80.9 Å². The van der Waals surface area contributed by atoms with Crippen molar-refractivity contribution < 1.29 is 4.79 Å². The lowest BCUT2D eigenvalue weighted by molar-refractivity contribution is -0.122. The second kappa shape index (κ2) is 7.82. The van der Waals surface area contributed by atoms with E-state index in [4.69, 9.17) is 12.2 Å². The van der Waals surface area contributed by atoms with Crippen molar-refractivity contribution in [3.8, 4) is 12.3 Å². The minimum absolute atomic E-state index is 0.154. The molecule has 1 unspecified atom stereocenters. The number of unbranched alkanes of at least 4 members (excludes halogenated alkanes) is 1. The molecular formula is C11H19NO. The van der Waals surface area contributed by atoms with Crippen molar-refractivity contribution >= 4 is 5.78 Å². The number of ketones is 1. The van der Waals surface area contributed by atoms with Crippen LogP contribution in [0.5, 0.6) is 0 Å². The van der Waals surface area contributed by atoms with E-state index in [9.17, 15) is 4.79 Å². The first-order valence-corrected chi connectivity index (χ1v) is 4.88. The molecule has 0 spiro atoms. The lowest BCUT2D eigenvalue weighted by atomic mass is 9.97. The van der Waals surface area contributed by atoms with E-state index in [0.29, 0.717) is 25.2 Å². The molecule has 0 saturated carbocycles. The van der Waals surface area contributed by atoms with E-state index >= 15 is 0 Å². The zero-order valence-electron chi connectivity index (χ0n) is 8.38. The van der Waals surface area contributed by atoms with Crippen LogP contribution in [0.15, 0.2) is 0 Å². The van der Waals surface area contributed by atoms with Gasteiger partial charge in [-0.25, -0.2) is 0 Å². The molecule has 0 amide bonds. The topological polar surface area (TPSA) is 43.1 Å². The second-order valence-corrected chi connectivity index (χ2v) is 3.36. The van der Waals surface area contributed by atoms with Crippen LogP contribution in [0.25, 0.3) is 0 Å². The molecule has 2 N–H and O–H groups in total. The van der Waals surface area contributed by atoms with Gasteiger partial charge in [-0.15, -0.1) is 12.3 Å². The van der Waals surface area contributed by atoms with E-state index in [1.54, 1.807) is 0 Å². The molecule has 0 aromatic heterocycles. The Balaban J connectivity index is 3.52. The number of Topliss-reactive ketones (excluding diaryl/α,β-unsaturated/α-hetero) is 1. The predicted molar refractivity (Wildman–Crippen MR) is 55.1 cm³/mol. The fourth-order valence-corrected chi connectivity index (χ4v) is 1.20. The Kier molecular flexibility index (Phi) is 7.33. The highest BCUT2D eigenvalue weighted by molar-refractivity contribution is 5.80. The van der Waals surface area contributed by atoms with Crippen molar-refractivity contribution in [3.05, 3.63) is 0 Å². The lowest BCUT2D eigenvalue weighted by Gasteiger charge is -2.08. The summed E-state index contributed by atoms with van der Waals surface area (Å²) in [5.41, 5.74) is 5.36. The van der Waals surface area contributed by atoms with Crippen LogP contribution in [0.4, 0.5) is 0 Å². The maximum absolute atomic E-state index is 11.4. The van der Waals surface area contributed by atoms with Gasteiger partial charge >= 0.3 is 0 Å². The Morgan fingerprint density at radius 3 is 2.77 bits per heavy atom. The van der Waals surface area contributed by atoms with E-state index in [1.807, 2.05) is 6.92 Å². The quantitative estimate of drug-likeness (QED) is 0.480. The molecule has 1 atom stereocenters. The molecule has 0 bridgehead atoms. The largest absolute Gasteiger partial charge is 0.330 e. The minimum atomic E-state index is 0.154. The average molecular weight is 181 g/mol. The first-order chi connectivity index (χ1) is 6.22. The summed E-state index contributed by atoms with van der Waals surface area (Å²) in [7, 11) is 0. The van der Waals surface area contributed by atoms with E-state index in [1.165, 1.54) is 0 Å². The zero-order valence-corrected chi connectivity index (χ0v) is 8.38.